The number of amides is 2. The Kier molecular flexibility index (Phi) is 8.23. The van der Waals surface area contributed by atoms with Gasteiger partial charge in [0.1, 0.15) is 17.5 Å². The standard InChI is InChI=1S/C27H30FN3O4/c1-17(2)16-31-18(3)13-21(19(31)4)14-22(15-29)27(34)35-24-7-5-6-12-30(26(24)33)25(32)20-8-10-23(28)11-9-20/h8-11,13-14,17,24H,5-7,12,16H2,1-4H3/b22-14+. The molecule has 1 atom stereocenters. The van der Waals surface area contributed by atoms with E-state index in [1.54, 1.807) is 0 Å². The summed E-state index contributed by atoms with van der Waals surface area (Å²) < 4.78 is 20.8. The predicted molar refractivity (Wildman–Crippen MR) is 129 cm³/mol. The fourth-order valence-corrected chi connectivity index (χ4v) is 4.17. The molecule has 1 fully saturated rings. The van der Waals surface area contributed by atoms with Crippen LogP contribution in [0.5, 0.6) is 0 Å². The first-order valence-corrected chi connectivity index (χ1v) is 11.7. The molecule has 0 saturated carbocycles. The number of hydrogen-bond donors (Lipinski definition) is 0. The highest BCUT2D eigenvalue weighted by atomic mass is 19.1. The highest BCUT2D eigenvalue weighted by Gasteiger charge is 2.34. The van der Waals surface area contributed by atoms with E-state index in [1.165, 1.54) is 18.2 Å². The number of rotatable bonds is 6. The van der Waals surface area contributed by atoms with E-state index in [0.717, 1.165) is 40.5 Å². The first kappa shape index (κ1) is 25.9. The molecular formula is C27H30FN3O4. The predicted octanol–water partition coefficient (Wildman–Crippen LogP) is 4.57. The zero-order chi connectivity index (χ0) is 25.7. The van der Waals surface area contributed by atoms with Gasteiger partial charge in [0.25, 0.3) is 11.8 Å². The Balaban J connectivity index is 1.79. The number of ether oxygens (including phenoxy) is 1. The smallest absolute Gasteiger partial charge is 0.349 e. The van der Waals surface area contributed by atoms with E-state index in [-0.39, 0.29) is 24.1 Å². The lowest BCUT2D eigenvalue weighted by molar-refractivity contribution is -0.155. The Bertz CT molecular complexity index is 1190. The van der Waals surface area contributed by atoms with Gasteiger partial charge in [-0.25, -0.2) is 9.18 Å². The fourth-order valence-electron chi connectivity index (χ4n) is 4.17. The summed E-state index contributed by atoms with van der Waals surface area (Å²) in [5, 5.41) is 9.63. The number of halogens is 1. The summed E-state index contributed by atoms with van der Waals surface area (Å²) in [4.78, 5) is 39.8. The molecule has 0 radical (unpaired) electrons. The molecule has 1 aromatic heterocycles. The third-order valence-electron chi connectivity index (χ3n) is 6.03. The van der Waals surface area contributed by atoms with Crippen LogP contribution in [0.1, 0.15) is 60.4 Å². The number of nitrogens with zero attached hydrogens (tertiary/aromatic N) is 3. The summed E-state index contributed by atoms with van der Waals surface area (Å²) >= 11 is 0. The van der Waals surface area contributed by atoms with E-state index in [0.29, 0.717) is 18.8 Å². The molecule has 1 aromatic carbocycles. The molecule has 2 aromatic rings. The van der Waals surface area contributed by atoms with Crippen LogP contribution in [0.4, 0.5) is 4.39 Å². The third kappa shape index (κ3) is 6.04. The number of aromatic nitrogens is 1. The first-order valence-electron chi connectivity index (χ1n) is 11.7. The van der Waals surface area contributed by atoms with Crippen LogP contribution in [0, 0.1) is 36.9 Å². The molecule has 1 unspecified atom stereocenters. The van der Waals surface area contributed by atoms with Crippen molar-refractivity contribution in [3.63, 3.8) is 0 Å². The van der Waals surface area contributed by atoms with Crippen LogP contribution in [-0.2, 0) is 20.9 Å². The number of aryl methyl sites for hydroxylation is 1. The lowest BCUT2D eigenvalue weighted by atomic mass is 10.1. The molecule has 1 aliphatic heterocycles. The third-order valence-corrected chi connectivity index (χ3v) is 6.03. The molecule has 7 nitrogen and oxygen atoms in total. The Morgan fingerprint density at radius 3 is 2.54 bits per heavy atom. The molecule has 0 aliphatic carbocycles. The quantitative estimate of drug-likeness (QED) is 0.262. The molecule has 0 bridgehead atoms. The second kappa shape index (κ2) is 11.1. The van der Waals surface area contributed by atoms with Gasteiger partial charge >= 0.3 is 5.97 Å². The van der Waals surface area contributed by atoms with Crippen molar-refractivity contribution in [1.82, 2.24) is 9.47 Å². The van der Waals surface area contributed by atoms with Crippen molar-refractivity contribution >= 4 is 23.9 Å². The maximum atomic E-state index is 13.2. The zero-order valence-electron chi connectivity index (χ0n) is 20.5. The highest BCUT2D eigenvalue weighted by molar-refractivity contribution is 6.07. The largest absolute Gasteiger partial charge is 0.448 e. The molecule has 1 aliphatic rings. The van der Waals surface area contributed by atoms with Crippen molar-refractivity contribution in [1.29, 1.82) is 5.26 Å². The Hall–Kier alpha value is -3.73. The Labute approximate surface area is 204 Å². The number of imide groups is 1. The van der Waals surface area contributed by atoms with E-state index < -0.39 is 29.7 Å². The van der Waals surface area contributed by atoms with Gasteiger partial charge < -0.3 is 9.30 Å². The van der Waals surface area contributed by atoms with Crippen molar-refractivity contribution < 1.29 is 23.5 Å². The maximum absolute atomic E-state index is 13.2. The monoisotopic (exact) mass is 479 g/mol. The second-order valence-corrected chi connectivity index (χ2v) is 9.19. The summed E-state index contributed by atoms with van der Waals surface area (Å²) in [5.41, 5.74) is 2.63. The van der Waals surface area contributed by atoms with Crippen LogP contribution in [0.3, 0.4) is 0 Å². The van der Waals surface area contributed by atoms with E-state index >= 15 is 0 Å². The van der Waals surface area contributed by atoms with Gasteiger partial charge in [-0.1, -0.05) is 13.8 Å². The van der Waals surface area contributed by atoms with Crippen LogP contribution < -0.4 is 0 Å². The Morgan fingerprint density at radius 2 is 1.91 bits per heavy atom. The lowest BCUT2D eigenvalue weighted by Gasteiger charge is -2.22. The molecule has 3 rings (SSSR count). The highest BCUT2D eigenvalue weighted by Crippen LogP contribution is 2.22. The van der Waals surface area contributed by atoms with Crippen molar-refractivity contribution in [2.45, 2.75) is 59.6 Å². The minimum atomic E-state index is -1.18. The van der Waals surface area contributed by atoms with Gasteiger partial charge in [0.05, 0.1) is 0 Å². The minimum absolute atomic E-state index is 0.168. The summed E-state index contributed by atoms with van der Waals surface area (Å²) in [7, 11) is 0. The van der Waals surface area contributed by atoms with Crippen LogP contribution in [0.25, 0.3) is 6.08 Å². The van der Waals surface area contributed by atoms with Gasteiger partial charge in [0, 0.05) is 30.0 Å². The molecule has 35 heavy (non-hydrogen) atoms. The number of carbonyl (C=O) groups is 3. The van der Waals surface area contributed by atoms with Crippen LogP contribution in [0.2, 0.25) is 0 Å². The van der Waals surface area contributed by atoms with E-state index in [2.05, 4.69) is 18.4 Å². The zero-order valence-corrected chi connectivity index (χ0v) is 20.5. The molecule has 0 N–H and O–H groups in total. The summed E-state index contributed by atoms with van der Waals surface area (Å²) in [6, 6.07) is 8.70. The van der Waals surface area contributed by atoms with Crippen molar-refractivity contribution in [2.24, 2.45) is 5.92 Å². The van der Waals surface area contributed by atoms with E-state index in [1.807, 2.05) is 26.0 Å². The van der Waals surface area contributed by atoms with Gasteiger partial charge in [-0.2, -0.15) is 5.26 Å². The Morgan fingerprint density at radius 1 is 1.23 bits per heavy atom. The van der Waals surface area contributed by atoms with Gasteiger partial charge in [-0.3, -0.25) is 14.5 Å². The minimum Gasteiger partial charge on any atom is -0.448 e. The normalized spacial score (nSPS) is 16.7. The lowest BCUT2D eigenvalue weighted by Crippen LogP contribution is -2.43. The molecular weight excluding hydrogens is 449 g/mol. The number of benzene rings is 1. The van der Waals surface area contributed by atoms with Gasteiger partial charge in [-0.05, 0) is 81.0 Å². The van der Waals surface area contributed by atoms with E-state index in [9.17, 15) is 24.0 Å². The topological polar surface area (TPSA) is 92.4 Å². The van der Waals surface area contributed by atoms with Crippen LogP contribution in [-0.4, -0.2) is 39.9 Å². The summed E-state index contributed by atoms with van der Waals surface area (Å²) in [5.74, 6) is -2.19. The fraction of sp³-hybridized carbons (Fsp3) is 0.407. The van der Waals surface area contributed by atoms with Gasteiger partial charge in [-0.15, -0.1) is 0 Å². The number of nitriles is 1. The number of likely N-dealkylation sites (tertiary alicyclic amines) is 1. The number of carbonyl (C=O) groups excluding carboxylic acids is 3. The molecule has 8 heteroatoms. The summed E-state index contributed by atoms with van der Waals surface area (Å²) in [6.45, 7) is 9.10. The van der Waals surface area contributed by atoms with Crippen LogP contribution >= 0.6 is 0 Å². The molecule has 2 amide bonds. The SMILES string of the molecule is Cc1cc(/C=C(\C#N)C(=O)OC2CCCCN(C(=O)c3ccc(F)cc3)C2=O)c(C)n1CC(C)C. The first-order chi connectivity index (χ1) is 16.6. The molecule has 2 heterocycles. The van der Waals surface area contributed by atoms with Crippen molar-refractivity contribution in [2.75, 3.05) is 6.54 Å². The van der Waals surface area contributed by atoms with Gasteiger partial charge in [0.15, 0.2) is 6.10 Å². The van der Waals surface area contributed by atoms with E-state index in [4.69, 9.17) is 4.74 Å². The summed E-state index contributed by atoms with van der Waals surface area (Å²) in [6.07, 6.45) is 1.66. The average molecular weight is 480 g/mol. The molecule has 0 spiro atoms. The second-order valence-electron chi connectivity index (χ2n) is 9.19. The number of esters is 1. The average Bonchev–Trinajstić information content (AvgIpc) is 2.95. The van der Waals surface area contributed by atoms with Gasteiger partial charge in [0.2, 0.25) is 0 Å². The molecule has 184 valence electrons. The number of hydrogen-bond acceptors (Lipinski definition) is 5. The maximum Gasteiger partial charge on any atom is 0.349 e. The van der Waals surface area contributed by atoms with Crippen molar-refractivity contribution in [3.05, 3.63) is 64.2 Å². The molecule has 1 saturated heterocycles. The van der Waals surface area contributed by atoms with Crippen molar-refractivity contribution in [3.8, 4) is 6.07 Å². The van der Waals surface area contributed by atoms with Crippen LogP contribution in [0.15, 0.2) is 35.9 Å².